The van der Waals surface area contributed by atoms with Crippen LogP contribution >= 0.6 is 0 Å². The van der Waals surface area contributed by atoms with Crippen LogP contribution in [0.25, 0.3) is 22.3 Å². The summed E-state index contributed by atoms with van der Waals surface area (Å²) < 4.78 is 50.1. The zero-order valence-electron chi connectivity index (χ0n) is 18.3. The lowest BCUT2D eigenvalue weighted by atomic mass is 10.2. The number of nitrogens with one attached hydrogen (secondary N) is 2. The standard InChI is InChI=1S/C25H18F3N5O2/c1-34-19-9-10-20-21(14-19)29-12-11-22(20)35-18-7-5-15(6-8-18)23-31-24(33-32-23)30-17-4-2-3-16(13-17)25(26,27)28/h2-14H,1H3,(H2,30,31,32,33). The van der Waals surface area contributed by atoms with Crippen molar-refractivity contribution in [3.63, 3.8) is 0 Å². The second kappa shape index (κ2) is 8.98. The minimum atomic E-state index is -4.43. The molecule has 2 heterocycles. The molecule has 7 nitrogen and oxygen atoms in total. The number of rotatable bonds is 6. The Morgan fingerprint density at radius 1 is 0.914 bits per heavy atom. The van der Waals surface area contributed by atoms with E-state index in [1.807, 2.05) is 18.2 Å². The highest BCUT2D eigenvalue weighted by Crippen LogP contribution is 2.33. The first-order valence-corrected chi connectivity index (χ1v) is 10.5. The predicted octanol–water partition coefficient (Wildman–Crippen LogP) is 6.58. The molecule has 5 rings (SSSR count). The number of halogens is 3. The summed E-state index contributed by atoms with van der Waals surface area (Å²) in [6, 6.07) is 19.4. The van der Waals surface area contributed by atoms with Crippen LogP contribution in [0.5, 0.6) is 17.2 Å². The van der Waals surface area contributed by atoms with Crippen LogP contribution in [0.3, 0.4) is 0 Å². The molecule has 0 aliphatic rings. The van der Waals surface area contributed by atoms with Gasteiger partial charge in [0.2, 0.25) is 5.95 Å². The van der Waals surface area contributed by atoms with Crippen molar-refractivity contribution < 1.29 is 22.6 Å². The molecule has 0 fully saturated rings. The van der Waals surface area contributed by atoms with Crippen LogP contribution in [-0.4, -0.2) is 27.3 Å². The van der Waals surface area contributed by atoms with E-state index in [-0.39, 0.29) is 11.6 Å². The molecule has 0 saturated carbocycles. The molecule has 0 amide bonds. The number of hydrogen-bond acceptors (Lipinski definition) is 6. The van der Waals surface area contributed by atoms with Crippen molar-refractivity contribution in [3.8, 4) is 28.6 Å². The second-order valence-corrected chi connectivity index (χ2v) is 7.53. The van der Waals surface area contributed by atoms with Crippen LogP contribution in [0.1, 0.15) is 5.56 Å². The Labute approximate surface area is 197 Å². The summed E-state index contributed by atoms with van der Waals surface area (Å²) in [7, 11) is 1.60. The molecule has 0 spiro atoms. The van der Waals surface area contributed by atoms with E-state index in [2.05, 4.69) is 25.5 Å². The topological polar surface area (TPSA) is 85.0 Å². The Hall–Kier alpha value is -4.60. The van der Waals surface area contributed by atoms with Crippen molar-refractivity contribution in [2.24, 2.45) is 0 Å². The van der Waals surface area contributed by atoms with Gasteiger partial charge in [-0.3, -0.25) is 10.1 Å². The van der Waals surface area contributed by atoms with E-state index in [1.165, 1.54) is 12.1 Å². The van der Waals surface area contributed by atoms with E-state index >= 15 is 0 Å². The lowest BCUT2D eigenvalue weighted by Crippen LogP contribution is -2.05. The number of hydrogen-bond donors (Lipinski definition) is 2. The maximum Gasteiger partial charge on any atom is 0.416 e. The van der Waals surface area contributed by atoms with Gasteiger partial charge in [-0.1, -0.05) is 6.07 Å². The van der Waals surface area contributed by atoms with Crippen molar-refractivity contribution in [1.82, 2.24) is 20.2 Å². The lowest BCUT2D eigenvalue weighted by Gasteiger charge is -2.10. The monoisotopic (exact) mass is 477 g/mol. The van der Waals surface area contributed by atoms with Gasteiger partial charge in [-0.05, 0) is 60.7 Å². The van der Waals surface area contributed by atoms with E-state index in [0.29, 0.717) is 23.1 Å². The van der Waals surface area contributed by atoms with Gasteiger partial charge in [0.25, 0.3) is 0 Å². The van der Waals surface area contributed by atoms with E-state index < -0.39 is 11.7 Å². The van der Waals surface area contributed by atoms with Crippen LogP contribution < -0.4 is 14.8 Å². The first-order valence-electron chi connectivity index (χ1n) is 10.5. The third-order valence-electron chi connectivity index (χ3n) is 5.20. The van der Waals surface area contributed by atoms with E-state index in [1.54, 1.807) is 43.6 Å². The number of alkyl halides is 3. The van der Waals surface area contributed by atoms with Crippen molar-refractivity contribution >= 4 is 22.5 Å². The number of benzene rings is 3. The summed E-state index contributed by atoms with van der Waals surface area (Å²) in [6.07, 6.45) is -2.76. The third-order valence-corrected chi connectivity index (χ3v) is 5.20. The van der Waals surface area contributed by atoms with Gasteiger partial charge in [-0.2, -0.15) is 18.2 Å². The fraction of sp³-hybridized carbons (Fsp3) is 0.0800. The fourth-order valence-electron chi connectivity index (χ4n) is 3.47. The van der Waals surface area contributed by atoms with Gasteiger partial charge in [-0.15, -0.1) is 5.10 Å². The molecule has 0 aliphatic heterocycles. The van der Waals surface area contributed by atoms with Crippen molar-refractivity contribution in [1.29, 1.82) is 0 Å². The van der Waals surface area contributed by atoms with Crippen LogP contribution in [-0.2, 0) is 6.18 Å². The van der Waals surface area contributed by atoms with Gasteiger partial charge in [-0.25, -0.2) is 0 Å². The SMILES string of the molecule is COc1ccc2c(Oc3ccc(-c4nc(Nc5cccc(C(F)(F)F)c5)n[nH]4)cc3)ccnc2c1. The van der Waals surface area contributed by atoms with E-state index in [0.717, 1.165) is 28.6 Å². The molecule has 5 aromatic rings. The molecule has 10 heteroatoms. The first-order chi connectivity index (χ1) is 16.9. The van der Waals surface area contributed by atoms with Gasteiger partial charge in [0.15, 0.2) is 5.82 Å². The summed E-state index contributed by atoms with van der Waals surface area (Å²) in [6.45, 7) is 0. The normalized spacial score (nSPS) is 11.4. The molecule has 2 N–H and O–H groups in total. The van der Waals surface area contributed by atoms with Crippen molar-refractivity contribution in [2.75, 3.05) is 12.4 Å². The van der Waals surface area contributed by atoms with Gasteiger partial charge in [0.1, 0.15) is 17.2 Å². The molecule has 0 saturated heterocycles. The number of aromatic nitrogens is 4. The minimum absolute atomic E-state index is 0.151. The lowest BCUT2D eigenvalue weighted by molar-refractivity contribution is -0.137. The fourth-order valence-corrected chi connectivity index (χ4v) is 3.47. The van der Waals surface area contributed by atoms with Gasteiger partial charge in [0, 0.05) is 28.9 Å². The van der Waals surface area contributed by atoms with Crippen LogP contribution in [0.2, 0.25) is 0 Å². The molecule has 2 aromatic heterocycles. The van der Waals surface area contributed by atoms with Crippen molar-refractivity contribution in [2.45, 2.75) is 6.18 Å². The molecule has 176 valence electrons. The molecular formula is C25H18F3N5O2. The number of pyridine rings is 1. The third kappa shape index (κ3) is 4.86. The Morgan fingerprint density at radius 3 is 2.49 bits per heavy atom. The average molecular weight is 477 g/mol. The van der Waals surface area contributed by atoms with Crippen molar-refractivity contribution in [3.05, 3.63) is 84.6 Å². The van der Waals surface area contributed by atoms with Crippen LogP contribution in [0.15, 0.2) is 79.0 Å². The van der Waals surface area contributed by atoms with Crippen LogP contribution in [0.4, 0.5) is 24.8 Å². The number of ether oxygens (including phenoxy) is 2. The smallest absolute Gasteiger partial charge is 0.416 e. The number of H-pyrrole nitrogens is 1. The average Bonchev–Trinajstić information content (AvgIpc) is 3.32. The molecule has 0 unspecified atom stereocenters. The predicted molar refractivity (Wildman–Crippen MR) is 125 cm³/mol. The summed E-state index contributed by atoms with van der Waals surface area (Å²) in [5.74, 6) is 2.57. The Kier molecular flexibility index (Phi) is 5.69. The van der Waals surface area contributed by atoms with E-state index in [9.17, 15) is 13.2 Å². The Balaban J connectivity index is 1.31. The summed E-state index contributed by atoms with van der Waals surface area (Å²) in [4.78, 5) is 8.67. The van der Waals surface area contributed by atoms with Crippen LogP contribution in [0, 0.1) is 0 Å². The highest BCUT2D eigenvalue weighted by Gasteiger charge is 2.30. The number of nitrogens with zero attached hydrogens (tertiary/aromatic N) is 3. The van der Waals surface area contributed by atoms with Gasteiger partial charge < -0.3 is 14.8 Å². The Bertz CT molecular complexity index is 1480. The highest BCUT2D eigenvalue weighted by atomic mass is 19.4. The number of fused-ring (bicyclic) bond motifs is 1. The zero-order valence-corrected chi connectivity index (χ0v) is 18.3. The summed E-state index contributed by atoms with van der Waals surface area (Å²) in [5.41, 5.74) is 0.957. The zero-order chi connectivity index (χ0) is 24.4. The molecule has 35 heavy (non-hydrogen) atoms. The largest absolute Gasteiger partial charge is 0.497 e. The quantitative estimate of drug-likeness (QED) is 0.287. The molecule has 0 aliphatic carbocycles. The minimum Gasteiger partial charge on any atom is -0.497 e. The molecule has 3 aromatic carbocycles. The first kappa shape index (κ1) is 22.2. The van der Waals surface area contributed by atoms with E-state index in [4.69, 9.17) is 9.47 Å². The number of aromatic amines is 1. The summed E-state index contributed by atoms with van der Waals surface area (Å²) in [5, 5.41) is 10.5. The highest BCUT2D eigenvalue weighted by molar-refractivity contribution is 5.86. The summed E-state index contributed by atoms with van der Waals surface area (Å²) >= 11 is 0. The number of methoxy groups -OCH3 is 1. The maximum absolute atomic E-state index is 12.9. The molecule has 0 radical (unpaired) electrons. The molecular weight excluding hydrogens is 459 g/mol. The van der Waals surface area contributed by atoms with Gasteiger partial charge in [0.05, 0.1) is 18.2 Å². The Morgan fingerprint density at radius 2 is 1.71 bits per heavy atom. The number of anilines is 2. The maximum atomic E-state index is 12.9. The second-order valence-electron chi connectivity index (χ2n) is 7.53. The molecule has 0 bridgehead atoms. The molecule has 0 atom stereocenters. The van der Waals surface area contributed by atoms with Gasteiger partial charge >= 0.3 is 6.18 Å².